The molecule has 1 N–H and O–H groups in total. The lowest BCUT2D eigenvalue weighted by molar-refractivity contribution is 0.525. The summed E-state index contributed by atoms with van der Waals surface area (Å²) in [6, 6.07) is 16.8. The summed E-state index contributed by atoms with van der Waals surface area (Å²) in [6.45, 7) is 2.15. The fraction of sp³-hybridized carbons (Fsp3) is 0.158. The third-order valence-corrected chi connectivity index (χ3v) is 4.07. The van der Waals surface area contributed by atoms with Gasteiger partial charge in [0.05, 0.1) is 6.04 Å². The van der Waals surface area contributed by atoms with Crippen LogP contribution in [-0.4, -0.2) is 0 Å². The zero-order valence-corrected chi connectivity index (χ0v) is 12.0. The summed E-state index contributed by atoms with van der Waals surface area (Å²) >= 11 is 0. The van der Waals surface area contributed by atoms with Crippen molar-refractivity contribution in [3.63, 3.8) is 0 Å². The first-order valence-electron chi connectivity index (χ1n) is 7.35. The first-order chi connectivity index (χ1) is 10.3. The summed E-state index contributed by atoms with van der Waals surface area (Å²) in [5.74, 6) is 1.00. The van der Waals surface area contributed by atoms with Crippen molar-refractivity contribution in [1.82, 2.24) is 0 Å². The molecule has 0 aliphatic carbocycles. The molecule has 1 unspecified atom stereocenters. The van der Waals surface area contributed by atoms with Gasteiger partial charge in [-0.2, -0.15) is 0 Å². The fourth-order valence-electron chi connectivity index (χ4n) is 3.02. The van der Waals surface area contributed by atoms with Gasteiger partial charge in [-0.15, -0.1) is 0 Å². The van der Waals surface area contributed by atoms with Crippen LogP contribution in [0.4, 0.5) is 5.69 Å². The molecule has 2 heterocycles. The molecule has 0 saturated carbocycles. The predicted molar refractivity (Wildman–Crippen MR) is 87.4 cm³/mol. The summed E-state index contributed by atoms with van der Waals surface area (Å²) < 4.78 is 6.10. The zero-order valence-electron chi connectivity index (χ0n) is 12.0. The molecule has 0 spiro atoms. The minimum Gasteiger partial charge on any atom is -0.458 e. The smallest absolute Gasteiger partial charge is 0.135 e. The average molecular weight is 275 g/mol. The van der Waals surface area contributed by atoms with E-state index in [9.17, 15) is 0 Å². The van der Waals surface area contributed by atoms with Gasteiger partial charge < -0.3 is 9.73 Å². The van der Waals surface area contributed by atoms with Crippen molar-refractivity contribution in [3.8, 4) is 0 Å². The molecule has 3 aromatic rings. The van der Waals surface area contributed by atoms with E-state index < -0.39 is 0 Å². The van der Waals surface area contributed by atoms with Crippen molar-refractivity contribution in [2.75, 3.05) is 5.32 Å². The molecule has 1 atom stereocenters. The predicted octanol–water partition coefficient (Wildman–Crippen LogP) is 5.18. The molecule has 4 rings (SSSR count). The molecule has 0 saturated heterocycles. The fourth-order valence-corrected chi connectivity index (χ4v) is 3.02. The highest BCUT2D eigenvalue weighted by molar-refractivity contribution is 5.89. The zero-order chi connectivity index (χ0) is 14.2. The molecule has 0 radical (unpaired) electrons. The number of para-hydroxylation sites is 2. The Morgan fingerprint density at radius 2 is 1.86 bits per heavy atom. The van der Waals surface area contributed by atoms with Gasteiger partial charge in [-0.3, -0.25) is 0 Å². The number of hydrogen-bond donors (Lipinski definition) is 1. The molecule has 1 aliphatic rings. The highest BCUT2D eigenvalue weighted by atomic mass is 16.3. The Morgan fingerprint density at radius 1 is 1.05 bits per heavy atom. The van der Waals surface area contributed by atoms with Gasteiger partial charge in [0.2, 0.25) is 0 Å². The van der Waals surface area contributed by atoms with Gasteiger partial charge in [-0.25, -0.2) is 0 Å². The van der Waals surface area contributed by atoms with E-state index in [2.05, 4.69) is 60.8 Å². The Kier molecular flexibility index (Phi) is 2.81. The summed E-state index contributed by atoms with van der Waals surface area (Å²) in [4.78, 5) is 0. The minimum atomic E-state index is 0.135. The number of fused-ring (bicyclic) bond motifs is 4. The van der Waals surface area contributed by atoms with Crippen LogP contribution in [0.15, 0.2) is 59.0 Å². The average Bonchev–Trinajstić information content (AvgIpc) is 2.89. The molecule has 104 valence electrons. The van der Waals surface area contributed by atoms with E-state index >= 15 is 0 Å². The van der Waals surface area contributed by atoms with Gasteiger partial charge in [-0.1, -0.05) is 48.6 Å². The third kappa shape index (κ3) is 2.04. The molecule has 0 fully saturated rings. The molecule has 1 aliphatic heterocycles. The van der Waals surface area contributed by atoms with E-state index in [-0.39, 0.29) is 6.04 Å². The van der Waals surface area contributed by atoms with Gasteiger partial charge in [0.1, 0.15) is 11.3 Å². The van der Waals surface area contributed by atoms with Crippen LogP contribution in [0.5, 0.6) is 0 Å². The number of hydrogen-bond acceptors (Lipinski definition) is 2. The van der Waals surface area contributed by atoms with Gasteiger partial charge >= 0.3 is 0 Å². The maximum absolute atomic E-state index is 6.10. The lowest BCUT2D eigenvalue weighted by Crippen LogP contribution is -2.07. The van der Waals surface area contributed by atoms with Gasteiger partial charge in [-0.05, 0) is 31.0 Å². The summed E-state index contributed by atoms with van der Waals surface area (Å²) in [5, 5.41) is 4.77. The summed E-state index contributed by atoms with van der Waals surface area (Å²) in [5.41, 5.74) is 4.64. The molecular formula is C19H17NO. The van der Waals surface area contributed by atoms with Crippen molar-refractivity contribution >= 4 is 22.7 Å². The van der Waals surface area contributed by atoms with Crippen LogP contribution in [-0.2, 0) is 6.42 Å². The Labute approximate surface area is 124 Å². The molecule has 0 amide bonds. The Balaban J connectivity index is 1.90. The first kappa shape index (κ1) is 12.3. The van der Waals surface area contributed by atoms with Gasteiger partial charge in [0.25, 0.3) is 0 Å². The van der Waals surface area contributed by atoms with Gasteiger partial charge in [0, 0.05) is 16.6 Å². The molecule has 2 nitrogen and oxygen atoms in total. The first-order valence-corrected chi connectivity index (χ1v) is 7.35. The van der Waals surface area contributed by atoms with Crippen molar-refractivity contribution in [1.29, 1.82) is 0 Å². The molecule has 21 heavy (non-hydrogen) atoms. The summed E-state index contributed by atoms with van der Waals surface area (Å²) in [6.07, 6.45) is 5.34. The van der Waals surface area contributed by atoms with E-state index in [0.717, 1.165) is 17.8 Å². The number of anilines is 1. The SMILES string of the molecule is CC1Nc2ccccc2C/C=C\c2c1oc1ccccc21. The Morgan fingerprint density at radius 3 is 2.81 bits per heavy atom. The molecule has 2 heteroatoms. The lowest BCUT2D eigenvalue weighted by Gasteiger charge is -2.15. The molecule has 0 bridgehead atoms. The number of furan rings is 1. The molecule has 2 aromatic carbocycles. The van der Waals surface area contributed by atoms with Crippen molar-refractivity contribution in [3.05, 3.63) is 71.5 Å². The number of benzene rings is 2. The van der Waals surface area contributed by atoms with Gasteiger partial charge in [0.15, 0.2) is 0 Å². The number of allylic oxidation sites excluding steroid dienone is 1. The highest BCUT2D eigenvalue weighted by Crippen LogP contribution is 2.34. The molecular weight excluding hydrogens is 258 g/mol. The topological polar surface area (TPSA) is 25.2 Å². The van der Waals surface area contributed by atoms with E-state index in [4.69, 9.17) is 4.42 Å². The minimum absolute atomic E-state index is 0.135. The standard InChI is InChI=1S/C19H17NO/c1-13-19-16(15-9-3-5-12-18(15)21-19)10-6-8-14-7-2-4-11-17(14)20-13/h2-7,9-13,20H,8H2,1H3/b10-6-. The quantitative estimate of drug-likeness (QED) is 0.612. The second-order valence-corrected chi connectivity index (χ2v) is 5.51. The van der Waals surface area contributed by atoms with E-state index in [1.54, 1.807) is 0 Å². The second kappa shape index (κ2) is 4.81. The van der Waals surface area contributed by atoms with Crippen LogP contribution in [0.25, 0.3) is 17.0 Å². The Bertz CT molecular complexity index is 828. The van der Waals surface area contributed by atoms with E-state index in [1.165, 1.54) is 22.2 Å². The van der Waals surface area contributed by atoms with Crippen LogP contribution in [0.2, 0.25) is 0 Å². The summed E-state index contributed by atoms with van der Waals surface area (Å²) in [7, 11) is 0. The Hall–Kier alpha value is -2.48. The normalized spacial score (nSPS) is 18.8. The van der Waals surface area contributed by atoms with Crippen LogP contribution in [0.1, 0.15) is 29.9 Å². The molecule has 1 aromatic heterocycles. The lowest BCUT2D eigenvalue weighted by atomic mass is 10.1. The third-order valence-electron chi connectivity index (χ3n) is 4.07. The van der Waals surface area contributed by atoms with E-state index in [1.807, 2.05) is 12.1 Å². The van der Waals surface area contributed by atoms with Crippen LogP contribution < -0.4 is 5.32 Å². The number of rotatable bonds is 0. The highest BCUT2D eigenvalue weighted by Gasteiger charge is 2.19. The van der Waals surface area contributed by atoms with Crippen molar-refractivity contribution < 1.29 is 4.42 Å². The monoisotopic (exact) mass is 275 g/mol. The number of nitrogens with one attached hydrogen (secondary N) is 1. The van der Waals surface area contributed by atoms with Crippen LogP contribution in [0.3, 0.4) is 0 Å². The largest absolute Gasteiger partial charge is 0.458 e. The maximum atomic E-state index is 6.10. The van der Waals surface area contributed by atoms with Crippen LogP contribution >= 0.6 is 0 Å². The second-order valence-electron chi connectivity index (χ2n) is 5.51. The van der Waals surface area contributed by atoms with Crippen molar-refractivity contribution in [2.24, 2.45) is 0 Å². The van der Waals surface area contributed by atoms with Crippen LogP contribution in [0, 0.1) is 0 Å². The van der Waals surface area contributed by atoms with Crippen molar-refractivity contribution in [2.45, 2.75) is 19.4 Å². The van der Waals surface area contributed by atoms with E-state index in [0.29, 0.717) is 0 Å². The maximum Gasteiger partial charge on any atom is 0.135 e.